The molecule has 1 N–H and O–H groups in total. The summed E-state index contributed by atoms with van der Waals surface area (Å²) in [5, 5.41) is 0. The molecule has 0 spiro atoms. The fourth-order valence-electron chi connectivity index (χ4n) is 3.64. The molecule has 1 aliphatic rings. The van der Waals surface area contributed by atoms with Gasteiger partial charge >= 0.3 is 12.1 Å². The predicted octanol–water partition coefficient (Wildman–Crippen LogP) is 4.68. The van der Waals surface area contributed by atoms with Crippen LogP contribution in [0, 0.1) is 0 Å². The molecule has 0 unspecified atom stereocenters. The number of sulfonamides is 1. The average molecular weight is 487 g/mol. The first-order chi connectivity index (χ1) is 15.6. The molecule has 0 saturated carbocycles. The number of methoxy groups -OCH3 is 1. The van der Waals surface area contributed by atoms with Gasteiger partial charge in [-0.1, -0.05) is 0 Å². The Hall–Kier alpha value is -2.95. The lowest BCUT2D eigenvalue weighted by Crippen LogP contribution is -2.30. The lowest BCUT2D eigenvalue weighted by molar-refractivity contribution is -0.137. The van der Waals surface area contributed by atoms with Crippen molar-refractivity contribution in [2.45, 2.75) is 37.3 Å². The zero-order valence-corrected chi connectivity index (χ0v) is 19.1. The molecule has 0 atom stereocenters. The molecule has 180 valence electrons. The number of halogens is 3. The highest BCUT2D eigenvalue weighted by molar-refractivity contribution is 7.92. The van der Waals surface area contributed by atoms with Crippen LogP contribution in [0.15, 0.2) is 41.3 Å². The minimum absolute atomic E-state index is 0.0378. The molecule has 33 heavy (non-hydrogen) atoms. The van der Waals surface area contributed by atoms with Gasteiger partial charge in [-0.25, -0.2) is 13.2 Å². The van der Waals surface area contributed by atoms with Crippen LogP contribution < -0.4 is 14.4 Å². The van der Waals surface area contributed by atoms with Gasteiger partial charge in [0.15, 0.2) is 0 Å². The minimum Gasteiger partial charge on any atom is -0.492 e. The van der Waals surface area contributed by atoms with E-state index in [1.165, 1.54) is 18.2 Å². The highest BCUT2D eigenvalue weighted by atomic mass is 32.2. The second-order valence-electron chi connectivity index (χ2n) is 7.47. The van der Waals surface area contributed by atoms with Gasteiger partial charge < -0.3 is 14.4 Å². The Bertz CT molecular complexity index is 1110. The predicted molar refractivity (Wildman–Crippen MR) is 117 cm³/mol. The van der Waals surface area contributed by atoms with E-state index >= 15 is 0 Å². The van der Waals surface area contributed by atoms with Crippen molar-refractivity contribution in [2.75, 3.05) is 36.4 Å². The van der Waals surface area contributed by atoms with Crippen LogP contribution in [0.25, 0.3) is 0 Å². The topological polar surface area (TPSA) is 84.9 Å². The Balaban J connectivity index is 2.09. The van der Waals surface area contributed by atoms with Crippen LogP contribution in [-0.4, -0.2) is 41.2 Å². The minimum atomic E-state index is -4.65. The number of ether oxygens (including phenoxy) is 2. The van der Waals surface area contributed by atoms with E-state index in [-0.39, 0.29) is 28.5 Å². The number of rotatable bonds is 7. The normalized spacial score (nSPS) is 14.6. The second kappa shape index (κ2) is 9.90. The number of esters is 1. The van der Waals surface area contributed by atoms with Crippen molar-refractivity contribution >= 4 is 27.4 Å². The molecule has 2 aromatic carbocycles. The van der Waals surface area contributed by atoms with E-state index in [4.69, 9.17) is 4.74 Å². The molecule has 0 radical (unpaired) electrons. The number of nitrogens with zero attached hydrogens (tertiary/aromatic N) is 1. The molecule has 0 aliphatic carbocycles. The summed E-state index contributed by atoms with van der Waals surface area (Å²) in [4.78, 5) is 13.4. The van der Waals surface area contributed by atoms with E-state index in [0.717, 1.165) is 44.6 Å². The van der Waals surface area contributed by atoms with Gasteiger partial charge in [-0.2, -0.15) is 13.2 Å². The van der Waals surface area contributed by atoms with Crippen LogP contribution in [0.2, 0.25) is 0 Å². The van der Waals surface area contributed by atoms with Gasteiger partial charge in [0, 0.05) is 13.1 Å². The lowest BCUT2D eigenvalue weighted by atomic mass is 10.1. The van der Waals surface area contributed by atoms with Crippen LogP contribution in [0.5, 0.6) is 5.75 Å². The van der Waals surface area contributed by atoms with E-state index in [1.54, 1.807) is 6.92 Å². The monoisotopic (exact) mass is 486 g/mol. The van der Waals surface area contributed by atoms with Gasteiger partial charge in [0.1, 0.15) is 10.6 Å². The molecule has 2 aromatic rings. The molecule has 7 nitrogen and oxygen atoms in total. The number of hydrogen-bond donors (Lipinski definition) is 1. The van der Waals surface area contributed by atoms with Crippen molar-refractivity contribution in [3.05, 3.63) is 47.5 Å². The van der Waals surface area contributed by atoms with Gasteiger partial charge in [-0.3, -0.25) is 4.72 Å². The SMILES string of the molecule is CCOc1ccc(C(=O)OC)cc1S(=O)(=O)Nc1cc(C(F)(F)F)ccc1N1CCCCC1. The summed E-state index contributed by atoms with van der Waals surface area (Å²) in [6.45, 7) is 2.99. The molecular weight excluding hydrogens is 461 g/mol. The zero-order valence-electron chi connectivity index (χ0n) is 18.2. The smallest absolute Gasteiger partial charge is 0.416 e. The second-order valence-corrected chi connectivity index (χ2v) is 9.12. The Morgan fingerprint density at radius 1 is 1.09 bits per heavy atom. The summed E-state index contributed by atoms with van der Waals surface area (Å²) >= 11 is 0. The zero-order chi connectivity index (χ0) is 24.2. The number of carbonyl (C=O) groups is 1. The fraction of sp³-hybridized carbons (Fsp3) is 0.409. The van der Waals surface area contributed by atoms with E-state index in [1.807, 2.05) is 4.90 Å². The van der Waals surface area contributed by atoms with Crippen molar-refractivity contribution in [3.8, 4) is 5.75 Å². The summed E-state index contributed by atoms with van der Waals surface area (Å²) in [7, 11) is -3.28. The average Bonchev–Trinajstić information content (AvgIpc) is 2.78. The first-order valence-electron chi connectivity index (χ1n) is 10.4. The summed E-state index contributed by atoms with van der Waals surface area (Å²) < 4.78 is 79.1. The molecule has 0 amide bonds. The number of nitrogens with one attached hydrogen (secondary N) is 1. The molecule has 3 rings (SSSR count). The van der Waals surface area contributed by atoms with E-state index < -0.39 is 27.7 Å². The number of anilines is 2. The molecule has 1 saturated heterocycles. The van der Waals surface area contributed by atoms with Gasteiger partial charge in [-0.05, 0) is 62.6 Å². The third-order valence-electron chi connectivity index (χ3n) is 5.22. The molecule has 0 aromatic heterocycles. The van der Waals surface area contributed by atoms with Crippen molar-refractivity contribution in [1.82, 2.24) is 0 Å². The number of alkyl halides is 3. The Morgan fingerprint density at radius 2 is 1.79 bits per heavy atom. The van der Waals surface area contributed by atoms with Crippen molar-refractivity contribution in [2.24, 2.45) is 0 Å². The molecular formula is C22H25F3N2O5S. The van der Waals surface area contributed by atoms with Crippen LogP contribution in [0.4, 0.5) is 24.5 Å². The summed E-state index contributed by atoms with van der Waals surface area (Å²) in [6.07, 6.45) is -1.95. The summed E-state index contributed by atoms with van der Waals surface area (Å²) in [5.74, 6) is -0.799. The largest absolute Gasteiger partial charge is 0.492 e. The van der Waals surface area contributed by atoms with Gasteiger partial charge in [-0.15, -0.1) is 0 Å². The third kappa shape index (κ3) is 5.70. The first kappa shape index (κ1) is 24.7. The van der Waals surface area contributed by atoms with E-state index in [9.17, 15) is 26.4 Å². The molecule has 1 heterocycles. The third-order valence-corrected chi connectivity index (χ3v) is 6.61. The molecule has 1 fully saturated rings. The Labute approximate surface area is 190 Å². The maximum Gasteiger partial charge on any atom is 0.416 e. The van der Waals surface area contributed by atoms with Crippen LogP contribution in [-0.2, 0) is 20.9 Å². The number of hydrogen-bond acceptors (Lipinski definition) is 6. The number of carbonyl (C=O) groups excluding carboxylic acids is 1. The Kier molecular flexibility index (Phi) is 7.41. The first-order valence-corrected chi connectivity index (χ1v) is 11.9. The Morgan fingerprint density at radius 3 is 2.39 bits per heavy atom. The lowest BCUT2D eigenvalue weighted by Gasteiger charge is -2.31. The highest BCUT2D eigenvalue weighted by Crippen LogP contribution is 2.38. The fourth-order valence-corrected chi connectivity index (χ4v) is 4.88. The van der Waals surface area contributed by atoms with E-state index in [0.29, 0.717) is 18.8 Å². The van der Waals surface area contributed by atoms with Gasteiger partial charge in [0.2, 0.25) is 0 Å². The van der Waals surface area contributed by atoms with Crippen LogP contribution in [0.1, 0.15) is 42.1 Å². The van der Waals surface area contributed by atoms with Crippen molar-refractivity contribution in [1.29, 1.82) is 0 Å². The van der Waals surface area contributed by atoms with Crippen LogP contribution in [0.3, 0.4) is 0 Å². The van der Waals surface area contributed by atoms with Gasteiger partial charge in [0.05, 0.1) is 36.2 Å². The quantitative estimate of drug-likeness (QED) is 0.572. The maximum absolute atomic E-state index is 13.4. The number of benzene rings is 2. The van der Waals surface area contributed by atoms with E-state index in [2.05, 4.69) is 9.46 Å². The number of piperidine rings is 1. The van der Waals surface area contributed by atoms with Crippen molar-refractivity contribution in [3.63, 3.8) is 0 Å². The van der Waals surface area contributed by atoms with Gasteiger partial charge in [0.25, 0.3) is 10.0 Å². The standard InChI is InChI=1S/C22H25F3N2O5S/c1-3-32-19-10-7-15(21(28)31-2)13-20(19)33(29,30)26-17-14-16(22(23,24)25)8-9-18(17)27-11-5-4-6-12-27/h7-10,13-14,26H,3-6,11-12H2,1-2H3. The van der Waals surface area contributed by atoms with Crippen LogP contribution >= 0.6 is 0 Å². The molecule has 1 aliphatic heterocycles. The van der Waals surface area contributed by atoms with Crippen molar-refractivity contribution < 1.29 is 35.9 Å². The molecule has 0 bridgehead atoms. The maximum atomic E-state index is 13.4. The summed E-state index contributed by atoms with van der Waals surface area (Å²) in [5.41, 5.74) is -0.859. The summed E-state index contributed by atoms with van der Waals surface area (Å²) in [6, 6.07) is 6.73. The molecule has 11 heteroatoms. The highest BCUT2D eigenvalue weighted by Gasteiger charge is 2.33.